The van der Waals surface area contributed by atoms with Gasteiger partial charge < -0.3 is 5.32 Å². The van der Waals surface area contributed by atoms with E-state index in [2.05, 4.69) is 10.0 Å². The van der Waals surface area contributed by atoms with E-state index < -0.39 is 15.3 Å². The largest absolute Gasteiger partial charge is 0.313 e. The van der Waals surface area contributed by atoms with Crippen LogP contribution in [-0.2, 0) is 16.6 Å². The highest BCUT2D eigenvalue weighted by atomic mass is 32.2. The van der Waals surface area contributed by atoms with Crippen molar-refractivity contribution >= 4 is 10.0 Å². The Labute approximate surface area is 115 Å². The maximum Gasteiger partial charge on any atom is 0.215 e. The van der Waals surface area contributed by atoms with E-state index >= 15 is 0 Å². The minimum atomic E-state index is -3.25. The minimum absolute atomic E-state index is 0.359. The molecular formula is C14H22N2O2S. The molecule has 1 aromatic carbocycles. The molecule has 1 unspecified atom stereocenters. The maximum absolute atomic E-state index is 12.1. The molecule has 0 amide bonds. The molecule has 0 spiro atoms. The SMILES string of the molecule is Cc1cccc(CNS(=O)(=O)C(C)CNC2CC2)c1. The van der Waals surface area contributed by atoms with Gasteiger partial charge >= 0.3 is 0 Å². The number of benzene rings is 1. The summed E-state index contributed by atoms with van der Waals surface area (Å²) in [5.74, 6) is 0. The molecule has 1 saturated carbocycles. The van der Waals surface area contributed by atoms with Gasteiger partial charge in [-0.2, -0.15) is 0 Å². The average Bonchev–Trinajstić information content (AvgIpc) is 3.18. The summed E-state index contributed by atoms with van der Waals surface area (Å²) in [7, 11) is -3.25. The highest BCUT2D eigenvalue weighted by molar-refractivity contribution is 7.90. The van der Waals surface area contributed by atoms with E-state index in [9.17, 15) is 8.42 Å². The Bertz CT molecular complexity index is 524. The van der Waals surface area contributed by atoms with E-state index in [0.717, 1.165) is 11.1 Å². The van der Waals surface area contributed by atoms with Crippen LogP contribution in [0.25, 0.3) is 0 Å². The summed E-state index contributed by atoms with van der Waals surface area (Å²) < 4.78 is 26.8. The number of hydrogen-bond donors (Lipinski definition) is 2. The van der Waals surface area contributed by atoms with Crippen LogP contribution >= 0.6 is 0 Å². The van der Waals surface area contributed by atoms with Gasteiger partial charge in [0.05, 0.1) is 5.25 Å². The molecule has 1 aliphatic carbocycles. The molecule has 0 aromatic heterocycles. The Morgan fingerprint density at radius 2 is 2.11 bits per heavy atom. The molecule has 4 nitrogen and oxygen atoms in total. The third-order valence-electron chi connectivity index (χ3n) is 3.36. The van der Waals surface area contributed by atoms with E-state index in [0.29, 0.717) is 19.1 Å². The van der Waals surface area contributed by atoms with Gasteiger partial charge in [0.2, 0.25) is 10.0 Å². The first-order chi connectivity index (χ1) is 8.97. The van der Waals surface area contributed by atoms with Crippen LogP contribution in [0.5, 0.6) is 0 Å². The van der Waals surface area contributed by atoms with Crippen LogP contribution in [-0.4, -0.2) is 26.3 Å². The number of hydrogen-bond acceptors (Lipinski definition) is 3. The van der Waals surface area contributed by atoms with E-state index in [1.165, 1.54) is 12.8 Å². The number of nitrogens with one attached hydrogen (secondary N) is 2. The van der Waals surface area contributed by atoms with Gasteiger partial charge in [-0.3, -0.25) is 0 Å². The molecule has 1 aromatic rings. The normalized spacial score (nSPS) is 17.4. The van der Waals surface area contributed by atoms with E-state index in [1.54, 1.807) is 6.92 Å². The topological polar surface area (TPSA) is 58.2 Å². The molecular weight excluding hydrogens is 260 g/mol. The summed E-state index contributed by atoms with van der Waals surface area (Å²) in [4.78, 5) is 0. The Hall–Kier alpha value is -0.910. The zero-order chi connectivity index (χ0) is 13.9. The molecule has 0 heterocycles. The van der Waals surface area contributed by atoms with E-state index in [1.807, 2.05) is 31.2 Å². The van der Waals surface area contributed by atoms with Crippen LogP contribution in [0.4, 0.5) is 0 Å². The molecule has 1 aliphatic rings. The van der Waals surface area contributed by atoms with Crippen molar-refractivity contribution in [3.63, 3.8) is 0 Å². The molecule has 19 heavy (non-hydrogen) atoms. The first-order valence-electron chi connectivity index (χ1n) is 6.75. The fraction of sp³-hybridized carbons (Fsp3) is 0.571. The maximum atomic E-state index is 12.1. The zero-order valence-electron chi connectivity index (χ0n) is 11.5. The van der Waals surface area contributed by atoms with Gasteiger partial charge in [0.1, 0.15) is 0 Å². The molecule has 5 heteroatoms. The summed E-state index contributed by atoms with van der Waals surface area (Å²) in [5.41, 5.74) is 2.13. The fourth-order valence-electron chi connectivity index (χ4n) is 1.88. The summed E-state index contributed by atoms with van der Waals surface area (Å²) >= 11 is 0. The van der Waals surface area contributed by atoms with Crippen LogP contribution in [0.2, 0.25) is 0 Å². The molecule has 0 saturated heterocycles. The zero-order valence-corrected chi connectivity index (χ0v) is 12.3. The fourth-order valence-corrected chi connectivity index (χ4v) is 2.85. The predicted octanol–water partition coefficient (Wildman–Crippen LogP) is 1.55. The van der Waals surface area contributed by atoms with Gasteiger partial charge in [0.25, 0.3) is 0 Å². The first-order valence-corrected chi connectivity index (χ1v) is 8.29. The number of sulfonamides is 1. The Morgan fingerprint density at radius 1 is 1.37 bits per heavy atom. The number of aryl methyl sites for hydroxylation is 1. The third kappa shape index (κ3) is 4.60. The van der Waals surface area contributed by atoms with Gasteiger partial charge in [-0.15, -0.1) is 0 Å². The van der Waals surface area contributed by atoms with Gasteiger partial charge in [-0.05, 0) is 32.3 Å². The highest BCUT2D eigenvalue weighted by Crippen LogP contribution is 2.18. The third-order valence-corrected chi connectivity index (χ3v) is 5.13. The molecule has 2 rings (SSSR count). The number of rotatable bonds is 7. The summed E-state index contributed by atoms with van der Waals surface area (Å²) in [6.07, 6.45) is 2.34. The van der Waals surface area contributed by atoms with E-state index in [4.69, 9.17) is 0 Å². The first kappa shape index (κ1) is 14.5. The lowest BCUT2D eigenvalue weighted by molar-refractivity contribution is 0.557. The Balaban J connectivity index is 1.85. The lowest BCUT2D eigenvalue weighted by Crippen LogP contribution is -2.39. The van der Waals surface area contributed by atoms with Crippen molar-refractivity contribution in [3.05, 3.63) is 35.4 Å². The van der Waals surface area contributed by atoms with Crippen molar-refractivity contribution in [2.24, 2.45) is 0 Å². The minimum Gasteiger partial charge on any atom is -0.313 e. The summed E-state index contributed by atoms with van der Waals surface area (Å²) in [5, 5.41) is 2.85. The smallest absolute Gasteiger partial charge is 0.215 e. The monoisotopic (exact) mass is 282 g/mol. The second-order valence-electron chi connectivity index (χ2n) is 5.35. The second kappa shape index (κ2) is 6.03. The van der Waals surface area contributed by atoms with Gasteiger partial charge in [0.15, 0.2) is 0 Å². The van der Waals surface area contributed by atoms with Gasteiger partial charge in [0, 0.05) is 19.1 Å². The van der Waals surface area contributed by atoms with Crippen LogP contribution in [0.3, 0.4) is 0 Å². The van der Waals surface area contributed by atoms with Crippen molar-refractivity contribution < 1.29 is 8.42 Å². The van der Waals surface area contributed by atoms with Crippen molar-refractivity contribution in [2.45, 2.75) is 44.5 Å². The lowest BCUT2D eigenvalue weighted by atomic mass is 10.1. The lowest BCUT2D eigenvalue weighted by Gasteiger charge is -2.14. The molecule has 0 aliphatic heterocycles. The quantitative estimate of drug-likeness (QED) is 0.798. The average molecular weight is 282 g/mol. The van der Waals surface area contributed by atoms with Crippen molar-refractivity contribution in [3.8, 4) is 0 Å². The van der Waals surface area contributed by atoms with Gasteiger partial charge in [-0.1, -0.05) is 29.8 Å². The summed E-state index contributed by atoms with van der Waals surface area (Å²) in [6, 6.07) is 8.41. The molecule has 0 radical (unpaired) electrons. The van der Waals surface area contributed by atoms with Crippen LogP contribution in [0, 0.1) is 6.92 Å². The molecule has 1 atom stereocenters. The molecule has 2 N–H and O–H groups in total. The Kier molecular flexibility index (Phi) is 4.60. The highest BCUT2D eigenvalue weighted by Gasteiger charge is 2.25. The van der Waals surface area contributed by atoms with Crippen molar-refractivity contribution in [1.29, 1.82) is 0 Å². The van der Waals surface area contributed by atoms with Gasteiger partial charge in [-0.25, -0.2) is 13.1 Å². The van der Waals surface area contributed by atoms with Crippen LogP contribution < -0.4 is 10.0 Å². The standard InChI is InChI=1S/C14H22N2O2S/c1-11-4-3-5-13(8-11)10-16-19(17,18)12(2)9-15-14-6-7-14/h3-5,8,12,14-16H,6-7,9-10H2,1-2H3. The molecule has 0 bridgehead atoms. The molecule has 1 fully saturated rings. The van der Waals surface area contributed by atoms with Crippen LogP contribution in [0.1, 0.15) is 30.9 Å². The predicted molar refractivity (Wildman–Crippen MR) is 77.4 cm³/mol. The van der Waals surface area contributed by atoms with Crippen molar-refractivity contribution in [2.75, 3.05) is 6.54 Å². The second-order valence-corrected chi connectivity index (χ2v) is 7.53. The summed E-state index contributed by atoms with van der Waals surface area (Å²) in [6.45, 7) is 4.62. The Morgan fingerprint density at radius 3 is 2.74 bits per heavy atom. The van der Waals surface area contributed by atoms with E-state index in [-0.39, 0.29) is 0 Å². The molecule has 106 valence electrons. The van der Waals surface area contributed by atoms with Crippen molar-refractivity contribution in [1.82, 2.24) is 10.0 Å². The van der Waals surface area contributed by atoms with Crippen LogP contribution in [0.15, 0.2) is 24.3 Å².